The lowest BCUT2D eigenvalue weighted by Crippen LogP contribution is -1.95. The molecule has 0 aliphatic rings. The molecule has 0 fully saturated rings. The molecule has 0 radical (unpaired) electrons. The van der Waals surface area contributed by atoms with E-state index in [-0.39, 0.29) is 31.4 Å². The van der Waals surface area contributed by atoms with Crippen LogP contribution in [0.4, 0.5) is 20.2 Å². The Morgan fingerprint density at radius 1 is 0.967 bits per heavy atom. The molecule has 0 aliphatic carbocycles. The van der Waals surface area contributed by atoms with E-state index in [9.17, 15) is 29.0 Å². The number of nitro groups is 2. The van der Waals surface area contributed by atoms with Gasteiger partial charge in [-0.05, 0) is 31.9 Å². The van der Waals surface area contributed by atoms with E-state index in [1.54, 1.807) is 14.1 Å². The number of nitro benzene ring substituents is 2. The Morgan fingerprint density at radius 2 is 1.50 bits per heavy atom. The average molecular weight is 548 g/mol. The summed E-state index contributed by atoms with van der Waals surface area (Å²) in [6, 6.07) is 1.74. The van der Waals surface area contributed by atoms with Crippen LogP contribution in [-0.2, 0) is 14.1 Å². The van der Waals surface area contributed by atoms with Crippen LogP contribution >= 0.6 is 31.9 Å². The Bertz CT molecular complexity index is 1310. The van der Waals surface area contributed by atoms with Crippen LogP contribution in [0.1, 0.15) is 0 Å². The highest BCUT2D eigenvalue weighted by Gasteiger charge is 2.21. The van der Waals surface area contributed by atoms with Crippen molar-refractivity contribution in [2.45, 2.75) is 0 Å². The second-order valence-electron chi connectivity index (χ2n) is 5.99. The van der Waals surface area contributed by atoms with E-state index in [0.717, 1.165) is 12.1 Å². The molecular weight excluding hydrogens is 538 g/mol. The van der Waals surface area contributed by atoms with Gasteiger partial charge in [-0.2, -0.15) is 10.2 Å². The lowest BCUT2D eigenvalue weighted by molar-refractivity contribution is -0.385. The minimum absolute atomic E-state index is 0.120. The zero-order valence-electron chi connectivity index (χ0n) is 15.1. The van der Waals surface area contributed by atoms with Crippen LogP contribution in [0.25, 0.3) is 21.8 Å². The Balaban J connectivity index is 0.000000171. The minimum Gasteiger partial charge on any atom is -0.274 e. The summed E-state index contributed by atoms with van der Waals surface area (Å²) < 4.78 is 30.1. The maximum Gasteiger partial charge on any atom is 0.287 e. The smallest absolute Gasteiger partial charge is 0.274 e. The van der Waals surface area contributed by atoms with Gasteiger partial charge in [-0.15, -0.1) is 0 Å². The molecule has 14 heteroatoms. The van der Waals surface area contributed by atoms with Crippen molar-refractivity contribution in [3.8, 4) is 0 Å². The maximum atomic E-state index is 13.5. The molecule has 2 aromatic heterocycles. The summed E-state index contributed by atoms with van der Waals surface area (Å²) in [7, 11) is 3.20. The number of hydrogen-bond donors (Lipinski definition) is 0. The van der Waals surface area contributed by atoms with Gasteiger partial charge in [-0.3, -0.25) is 29.6 Å². The van der Waals surface area contributed by atoms with Gasteiger partial charge in [0.15, 0.2) is 11.6 Å². The van der Waals surface area contributed by atoms with Crippen LogP contribution in [0.5, 0.6) is 0 Å². The normalized spacial score (nSPS) is 10.9. The number of fused-ring (bicyclic) bond motifs is 2. The van der Waals surface area contributed by atoms with E-state index in [1.807, 2.05) is 0 Å². The number of aromatic nitrogens is 4. The molecule has 0 saturated carbocycles. The van der Waals surface area contributed by atoms with Crippen molar-refractivity contribution < 1.29 is 18.6 Å². The molecule has 156 valence electrons. The monoisotopic (exact) mass is 546 g/mol. The van der Waals surface area contributed by atoms with Gasteiger partial charge in [0.25, 0.3) is 11.4 Å². The van der Waals surface area contributed by atoms with E-state index in [4.69, 9.17) is 0 Å². The topological polar surface area (TPSA) is 122 Å². The van der Waals surface area contributed by atoms with Crippen molar-refractivity contribution in [2.24, 2.45) is 14.1 Å². The highest BCUT2D eigenvalue weighted by Crippen LogP contribution is 2.35. The zero-order valence-corrected chi connectivity index (χ0v) is 18.3. The van der Waals surface area contributed by atoms with E-state index in [0.29, 0.717) is 10.8 Å². The fourth-order valence-electron chi connectivity index (χ4n) is 2.75. The first kappa shape index (κ1) is 21.7. The molecule has 0 unspecified atom stereocenters. The van der Waals surface area contributed by atoms with E-state index >= 15 is 0 Å². The first-order valence-electron chi connectivity index (χ1n) is 7.92. The quantitative estimate of drug-likeness (QED) is 0.263. The minimum atomic E-state index is -0.694. The second kappa shape index (κ2) is 8.02. The van der Waals surface area contributed by atoms with E-state index < -0.39 is 21.5 Å². The molecule has 0 saturated heterocycles. The maximum absolute atomic E-state index is 13.5. The van der Waals surface area contributed by atoms with Crippen LogP contribution < -0.4 is 0 Å². The molecule has 4 aromatic rings. The third-order valence-corrected chi connectivity index (χ3v) is 5.73. The molecule has 2 heterocycles. The number of rotatable bonds is 2. The largest absolute Gasteiger partial charge is 0.287 e. The Kier molecular flexibility index (Phi) is 5.81. The van der Waals surface area contributed by atoms with Crippen LogP contribution in [0.15, 0.2) is 33.5 Å². The number of hydrogen-bond acceptors (Lipinski definition) is 6. The van der Waals surface area contributed by atoms with Crippen molar-refractivity contribution in [1.29, 1.82) is 0 Å². The van der Waals surface area contributed by atoms with Crippen molar-refractivity contribution >= 4 is 65.0 Å². The molecule has 0 bridgehead atoms. The molecule has 0 atom stereocenters. The van der Waals surface area contributed by atoms with Crippen molar-refractivity contribution in [3.63, 3.8) is 0 Å². The lowest BCUT2D eigenvalue weighted by Gasteiger charge is -2.00. The molecular formula is C16H10Br2F2N6O4. The predicted molar refractivity (Wildman–Crippen MR) is 110 cm³/mol. The predicted octanol–water partition coefficient (Wildman–Crippen LogP) is 4.77. The van der Waals surface area contributed by atoms with Crippen molar-refractivity contribution in [3.05, 3.63) is 65.3 Å². The zero-order chi connectivity index (χ0) is 22.3. The fourth-order valence-corrected chi connectivity index (χ4v) is 3.85. The van der Waals surface area contributed by atoms with Gasteiger partial charge >= 0.3 is 0 Å². The summed E-state index contributed by atoms with van der Waals surface area (Å²) in [5.74, 6) is -1.35. The van der Waals surface area contributed by atoms with Crippen LogP contribution in [0.2, 0.25) is 0 Å². The molecule has 4 rings (SSSR count). The highest BCUT2D eigenvalue weighted by molar-refractivity contribution is 9.11. The van der Waals surface area contributed by atoms with E-state index in [2.05, 4.69) is 42.1 Å². The van der Waals surface area contributed by atoms with Crippen LogP contribution in [-0.4, -0.2) is 29.4 Å². The average Bonchev–Trinajstić information content (AvgIpc) is 3.25. The van der Waals surface area contributed by atoms with Gasteiger partial charge in [0.2, 0.25) is 0 Å². The molecule has 0 aliphatic heterocycles. The number of nitrogens with zero attached hydrogens (tertiary/aromatic N) is 6. The SMILES string of the molecule is Cn1cc2c(Br)c([N+](=O)[O-])cc(F)c2n1.Cn1ncc2c(Br)c([N+](=O)[O-])cc(F)c21. The van der Waals surface area contributed by atoms with Crippen LogP contribution in [0, 0.1) is 31.9 Å². The summed E-state index contributed by atoms with van der Waals surface area (Å²) in [5.41, 5.74) is -0.233. The fraction of sp³-hybridized carbons (Fsp3) is 0.125. The Hall–Kier alpha value is -3.00. The first-order valence-corrected chi connectivity index (χ1v) is 9.51. The Labute approximate surface area is 182 Å². The van der Waals surface area contributed by atoms with Gasteiger partial charge < -0.3 is 0 Å². The lowest BCUT2D eigenvalue weighted by atomic mass is 10.2. The molecule has 10 nitrogen and oxygen atoms in total. The summed E-state index contributed by atoms with van der Waals surface area (Å²) in [5, 5.41) is 29.7. The van der Waals surface area contributed by atoms with Crippen LogP contribution in [0.3, 0.4) is 0 Å². The molecule has 30 heavy (non-hydrogen) atoms. The van der Waals surface area contributed by atoms with Gasteiger partial charge in [-0.1, -0.05) is 0 Å². The van der Waals surface area contributed by atoms with Gasteiger partial charge in [0.1, 0.15) is 20.0 Å². The highest BCUT2D eigenvalue weighted by atomic mass is 79.9. The standard InChI is InChI=1S/2C8H5BrFN3O2/c1-12-3-4-7(9)6(13(14)15)2-5(10)8(4)11-12;1-12-8-4(3-11-12)7(9)6(13(14)15)2-5(8)10/h2*2-3H,1H3. The molecule has 0 amide bonds. The van der Waals surface area contributed by atoms with Crippen molar-refractivity contribution in [1.82, 2.24) is 19.6 Å². The molecule has 0 N–H and O–H groups in total. The third kappa shape index (κ3) is 3.75. The summed E-state index contributed by atoms with van der Waals surface area (Å²) >= 11 is 6.14. The number of benzene rings is 2. The van der Waals surface area contributed by atoms with Gasteiger partial charge in [0.05, 0.1) is 28.2 Å². The number of aryl methyl sites for hydroxylation is 2. The number of halogens is 4. The van der Waals surface area contributed by atoms with Crippen molar-refractivity contribution in [2.75, 3.05) is 0 Å². The molecule has 2 aromatic carbocycles. The Morgan fingerprint density at radius 3 is 2.07 bits per heavy atom. The van der Waals surface area contributed by atoms with Gasteiger partial charge in [-0.25, -0.2) is 8.78 Å². The molecule has 0 spiro atoms. The third-order valence-electron chi connectivity index (χ3n) is 4.06. The van der Waals surface area contributed by atoms with Gasteiger partial charge in [0, 0.05) is 31.1 Å². The summed E-state index contributed by atoms with van der Waals surface area (Å²) in [4.78, 5) is 19.9. The first-order chi connectivity index (χ1) is 14.0. The summed E-state index contributed by atoms with van der Waals surface area (Å²) in [6.45, 7) is 0. The second-order valence-corrected chi connectivity index (χ2v) is 7.58. The van der Waals surface area contributed by atoms with E-state index in [1.165, 1.54) is 21.8 Å². The summed E-state index contributed by atoms with van der Waals surface area (Å²) in [6.07, 6.45) is 2.91.